The molecule has 0 bridgehead atoms. The maximum Gasteiger partial charge on any atom is 0.210 e. The van der Waals surface area contributed by atoms with Crippen LogP contribution >= 0.6 is 22.6 Å². The van der Waals surface area contributed by atoms with Crippen molar-refractivity contribution in [1.29, 1.82) is 0 Å². The van der Waals surface area contributed by atoms with Gasteiger partial charge in [-0.05, 0) is 54.1 Å². The molecule has 106 valence electrons. The molecule has 1 aromatic rings. The zero-order chi connectivity index (χ0) is 14.1. The summed E-state index contributed by atoms with van der Waals surface area (Å²) in [6.45, 7) is 3.93. The standard InChI is InChI=1S/C12H18FIN4O/c1-2-19-7-3-6-16-12(18-15)17-11-5-4-9(13)8-10(11)14/h4-5,8H,2-3,6-7,15H2,1H3,(H2,16,17,18). The number of benzene rings is 1. The molecule has 0 unspecified atom stereocenters. The summed E-state index contributed by atoms with van der Waals surface area (Å²) >= 11 is 2.05. The SMILES string of the molecule is CCOCCCN=C(NN)Nc1ccc(F)cc1I. The second-order valence-corrected chi connectivity index (χ2v) is 4.84. The quantitative estimate of drug-likeness (QED) is 0.177. The molecule has 1 aromatic carbocycles. The summed E-state index contributed by atoms with van der Waals surface area (Å²) in [5, 5.41) is 3.01. The molecule has 0 aromatic heterocycles. The fourth-order valence-electron chi connectivity index (χ4n) is 1.34. The lowest BCUT2D eigenvalue weighted by Crippen LogP contribution is -2.36. The number of halogens is 2. The minimum absolute atomic E-state index is 0.272. The molecule has 0 aliphatic rings. The van der Waals surface area contributed by atoms with Gasteiger partial charge in [-0.3, -0.25) is 10.4 Å². The second-order valence-electron chi connectivity index (χ2n) is 3.67. The average molecular weight is 380 g/mol. The van der Waals surface area contributed by atoms with E-state index in [2.05, 4.69) is 15.7 Å². The van der Waals surface area contributed by atoms with Gasteiger partial charge in [-0.2, -0.15) is 0 Å². The first-order chi connectivity index (χ1) is 9.17. The summed E-state index contributed by atoms with van der Waals surface area (Å²) < 4.78 is 18.9. The summed E-state index contributed by atoms with van der Waals surface area (Å²) in [5.41, 5.74) is 3.24. The van der Waals surface area contributed by atoms with Crippen LogP contribution in [0.4, 0.5) is 10.1 Å². The van der Waals surface area contributed by atoms with Crippen LogP contribution in [-0.4, -0.2) is 25.7 Å². The number of hydrogen-bond donors (Lipinski definition) is 3. The van der Waals surface area contributed by atoms with E-state index < -0.39 is 0 Å². The Labute approximate surface area is 125 Å². The largest absolute Gasteiger partial charge is 0.382 e. The van der Waals surface area contributed by atoms with Crippen LogP contribution in [0.1, 0.15) is 13.3 Å². The highest BCUT2D eigenvalue weighted by Gasteiger charge is 2.03. The molecule has 0 saturated carbocycles. The molecule has 0 saturated heterocycles. The molecule has 0 aliphatic heterocycles. The number of rotatable bonds is 6. The van der Waals surface area contributed by atoms with Crippen molar-refractivity contribution in [2.24, 2.45) is 10.8 Å². The van der Waals surface area contributed by atoms with Gasteiger partial charge in [-0.15, -0.1) is 0 Å². The van der Waals surface area contributed by atoms with Crippen LogP contribution < -0.4 is 16.6 Å². The van der Waals surface area contributed by atoms with Gasteiger partial charge in [-0.1, -0.05) is 0 Å². The first-order valence-corrected chi connectivity index (χ1v) is 7.06. The minimum atomic E-state index is -0.272. The number of nitrogens with two attached hydrogens (primary N) is 1. The van der Waals surface area contributed by atoms with Gasteiger partial charge in [0, 0.05) is 23.3 Å². The van der Waals surface area contributed by atoms with Gasteiger partial charge >= 0.3 is 0 Å². The Hall–Kier alpha value is -0.930. The predicted octanol–water partition coefficient (Wildman–Crippen LogP) is 2.09. The van der Waals surface area contributed by atoms with E-state index in [0.29, 0.717) is 25.7 Å². The van der Waals surface area contributed by atoms with E-state index in [1.54, 1.807) is 6.07 Å². The number of hydrazine groups is 1. The third-order valence-electron chi connectivity index (χ3n) is 2.24. The average Bonchev–Trinajstić information content (AvgIpc) is 2.39. The van der Waals surface area contributed by atoms with Gasteiger partial charge in [0.1, 0.15) is 5.82 Å². The number of ether oxygens (including phenoxy) is 1. The monoisotopic (exact) mass is 380 g/mol. The van der Waals surface area contributed by atoms with Crippen molar-refractivity contribution in [2.45, 2.75) is 13.3 Å². The lowest BCUT2D eigenvalue weighted by molar-refractivity contribution is 0.146. The van der Waals surface area contributed by atoms with E-state index in [0.717, 1.165) is 15.7 Å². The maximum atomic E-state index is 13.0. The molecule has 19 heavy (non-hydrogen) atoms. The summed E-state index contributed by atoms with van der Waals surface area (Å²) in [6.07, 6.45) is 0.821. The van der Waals surface area contributed by atoms with Crippen LogP contribution in [-0.2, 0) is 4.74 Å². The molecule has 7 heteroatoms. The van der Waals surface area contributed by atoms with Gasteiger partial charge in [-0.25, -0.2) is 10.2 Å². The molecule has 0 radical (unpaired) electrons. The third-order valence-corrected chi connectivity index (χ3v) is 3.13. The molecule has 0 amide bonds. The fourth-order valence-corrected chi connectivity index (χ4v) is 1.95. The van der Waals surface area contributed by atoms with Gasteiger partial charge in [0.15, 0.2) is 0 Å². The van der Waals surface area contributed by atoms with Crippen LogP contribution in [0.25, 0.3) is 0 Å². The first kappa shape index (κ1) is 16.1. The third kappa shape index (κ3) is 6.17. The Bertz CT molecular complexity index is 428. The Balaban J connectivity index is 2.53. The maximum absolute atomic E-state index is 13.0. The van der Waals surface area contributed by atoms with E-state index in [4.69, 9.17) is 10.6 Å². The number of anilines is 1. The lowest BCUT2D eigenvalue weighted by Gasteiger charge is -2.10. The molecule has 0 aliphatic carbocycles. The van der Waals surface area contributed by atoms with Crippen molar-refractivity contribution in [2.75, 3.05) is 25.1 Å². The summed E-state index contributed by atoms with van der Waals surface area (Å²) in [7, 11) is 0. The molecule has 0 atom stereocenters. The van der Waals surface area contributed by atoms with Gasteiger partial charge in [0.05, 0.1) is 5.69 Å². The van der Waals surface area contributed by atoms with Crippen LogP contribution in [0.2, 0.25) is 0 Å². The van der Waals surface area contributed by atoms with E-state index in [9.17, 15) is 4.39 Å². The molecule has 4 N–H and O–H groups in total. The Kier molecular flexibility index (Phi) is 7.68. The molecular weight excluding hydrogens is 362 g/mol. The highest BCUT2D eigenvalue weighted by atomic mass is 127. The van der Waals surface area contributed by atoms with Crippen molar-refractivity contribution in [3.8, 4) is 0 Å². The molecule has 0 fully saturated rings. The van der Waals surface area contributed by atoms with Crippen molar-refractivity contribution in [3.05, 3.63) is 27.6 Å². The van der Waals surface area contributed by atoms with Crippen molar-refractivity contribution < 1.29 is 9.13 Å². The zero-order valence-electron chi connectivity index (χ0n) is 10.7. The summed E-state index contributed by atoms with van der Waals surface area (Å²) in [6, 6.07) is 4.46. The first-order valence-electron chi connectivity index (χ1n) is 5.98. The number of aliphatic imine (C=N–C) groups is 1. The smallest absolute Gasteiger partial charge is 0.210 e. The van der Waals surface area contributed by atoms with E-state index in [1.165, 1.54) is 12.1 Å². The highest BCUT2D eigenvalue weighted by Crippen LogP contribution is 2.18. The van der Waals surface area contributed by atoms with Crippen LogP contribution in [0.15, 0.2) is 23.2 Å². The molecule has 0 spiro atoms. The zero-order valence-corrected chi connectivity index (χ0v) is 12.9. The van der Waals surface area contributed by atoms with E-state index in [-0.39, 0.29) is 5.82 Å². The van der Waals surface area contributed by atoms with E-state index >= 15 is 0 Å². The summed E-state index contributed by atoms with van der Waals surface area (Å²) in [5.74, 6) is 5.56. The summed E-state index contributed by atoms with van der Waals surface area (Å²) in [4.78, 5) is 4.27. The Morgan fingerprint density at radius 1 is 1.53 bits per heavy atom. The number of guanidine groups is 1. The highest BCUT2D eigenvalue weighted by molar-refractivity contribution is 14.1. The minimum Gasteiger partial charge on any atom is -0.382 e. The molecule has 1 rings (SSSR count). The Morgan fingerprint density at radius 2 is 2.32 bits per heavy atom. The van der Waals surface area contributed by atoms with Crippen LogP contribution in [0.5, 0.6) is 0 Å². The molecule has 5 nitrogen and oxygen atoms in total. The fraction of sp³-hybridized carbons (Fsp3) is 0.417. The normalized spacial score (nSPS) is 11.5. The van der Waals surface area contributed by atoms with Crippen molar-refractivity contribution >= 4 is 34.2 Å². The molecular formula is C12H18FIN4O. The van der Waals surface area contributed by atoms with Crippen LogP contribution in [0.3, 0.4) is 0 Å². The van der Waals surface area contributed by atoms with Gasteiger partial charge in [0.2, 0.25) is 5.96 Å². The van der Waals surface area contributed by atoms with Gasteiger partial charge < -0.3 is 10.1 Å². The van der Waals surface area contributed by atoms with Gasteiger partial charge in [0.25, 0.3) is 0 Å². The van der Waals surface area contributed by atoms with Crippen LogP contribution in [0, 0.1) is 9.39 Å². The topological polar surface area (TPSA) is 71.7 Å². The Morgan fingerprint density at radius 3 is 2.95 bits per heavy atom. The van der Waals surface area contributed by atoms with E-state index in [1.807, 2.05) is 29.5 Å². The lowest BCUT2D eigenvalue weighted by atomic mass is 10.3. The van der Waals surface area contributed by atoms with Crippen molar-refractivity contribution in [3.63, 3.8) is 0 Å². The molecule has 0 heterocycles. The number of nitrogens with zero attached hydrogens (tertiary/aromatic N) is 1. The predicted molar refractivity (Wildman–Crippen MR) is 83.5 cm³/mol. The second kappa shape index (κ2) is 9.05. The number of hydrogen-bond acceptors (Lipinski definition) is 3. The van der Waals surface area contributed by atoms with Crippen molar-refractivity contribution in [1.82, 2.24) is 5.43 Å². The number of nitrogens with one attached hydrogen (secondary N) is 2.